The third-order valence-corrected chi connectivity index (χ3v) is 7.68. The Labute approximate surface area is 198 Å². The predicted octanol–water partition coefficient (Wildman–Crippen LogP) is 2.82. The summed E-state index contributed by atoms with van der Waals surface area (Å²) in [6, 6.07) is 15.3. The topological polar surface area (TPSA) is 87.5 Å². The lowest BCUT2D eigenvalue weighted by atomic mass is 10.1. The van der Waals surface area contributed by atoms with Crippen LogP contribution in [0.3, 0.4) is 0 Å². The van der Waals surface area contributed by atoms with Crippen LogP contribution in [0.25, 0.3) is 0 Å². The Hall–Kier alpha value is -2.88. The minimum Gasteiger partial charge on any atom is -0.369 e. The molecule has 0 atom stereocenters. The van der Waals surface area contributed by atoms with Gasteiger partial charge in [0.05, 0.1) is 5.56 Å². The maximum absolute atomic E-state index is 13.4. The highest BCUT2D eigenvalue weighted by Crippen LogP contribution is 2.24. The minimum atomic E-state index is -3.93. The molecule has 174 valence electrons. The van der Waals surface area contributed by atoms with Crippen molar-refractivity contribution in [3.05, 3.63) is 76.4 Å². The number of rotatable bonds is 6. The average molecular weight is 488 g/mol. The summed E-state index contributed by atoms with van der Waals surface area (Å²) in [5, 5.41) is 7.35. The lowest BCUT2D eigenvalue weighted by molar-refractivity contribution is 0.0947. The van der Waals surface area contributed by atoms with Gasteiger partial charge in [0, 0.05) is 56.7 Å². The molecule has 0 radical (unpaired) electrons. The molecule has 10 heteroatoms. The number of halogens is 1. The van der Waals surface area contributed by atoms with Crippen LogP contribution in [0.1, 0.15) is 21.5 Å². The number of benzene rings is 2. The van der Waals surface area contributed by atoms with E-state index < -0.39 is 15.9 Å². The summed E-state index contributed by atoms with van der Waals surface area (Å²) in [7, 11) is -2.33. The fourth-order valence-electron chi connectivity index (χ4n) is 3.78. The summed E-state index contributed by atoms with van der Waals surface area (Å²) in [4.78, 5) is 14.9. The first-order valence-corrected chi connectivity index (χ1v) is 12.4. The molecule has 1 N–H and O–H groups in total. The molecule has 4 rings (SSSR count). The zero-order valence-corrected chi connectivity index (χ0v) is 20.1. The van der Waals surface area contributed by atoms with Crippen molar-refractivity contribution in [2.45, 2.75) is 18.5 Å². The number of aromatic nitrogens is 2. The molecule has 1 amide bonds. The number of amides is 1. The van der Waals surface area contributed by atoms with E-state index in [0.717, 1.165) is 16.8 Å². The van der Waals surface area contributed by atoms with E-state index in [1.807, 2.05) is 49.4 Å². The predicted molar refractivity (Wildman–Crippen MR) is 128 cm³/mol. The number of sulfonamides is 1. The van der Waals surface area contributed by atoms with E-state index in [2.05, 4.69) is 15.3 Å². The van der Waals surface area contributed by atoms with Crippen molar-refractivity contribution in [2.24, 2.45) is 7.05 Å². The maximum atomic E-state index is 13.4. The smallest absolute Gasteiger partial charge is 0.263 e. The zero-order chi connectivity index (χ0) is 23.6. The first kappa shape index (κ1) is 23.3. The van der Waals surface area contributed by atoms with Crippen LogP contribution in [0.5, 0.6) is 0 Å². The highest BCUT2D eigenvalue weighted by Gasteiger charge is 2.34. The van der Waals surface area contributed by atoms with Crippen LogP contribution in [-0.2, 0) is 23.6 Å². The third-order valence-electron chi connectivity index (χ3n) is 5.61. The second-order valence-electron chi connectivity index (χ2n) is 8.06. The Kier molecular flexibility index (Phi) is 6.73. The van der Waals surface area contributed by atoms with Gasteiger partial charge in [0.2, 0.25) is 5.03 Å². The Bertz CT molecular complexity index is 1250. The van der Waals surface area contributed by atoms with Crippen LogP contribution in [0.15, 0.2) is 59.8 Å². The number of hydrogen-bond acceptors (Lipinski definition) is 5. The summed E-state index contributed by atoms with van der Waals surface area (Å²) in [5.41, 5.74) is 3.05. The van der Waals surface area contributed by atoms with Crippen molar-refractivity contribution in [1.29, 1.82) is 0 Å². The van der Waals surface area contributed by atoms with Crippen molar-refractivity contribution < 1.29 is 13.2 Å². The van der Waals surface area contributed by atoms with E-state index in [9.17, 15) is 13.2 Å². The summed E-state index contributed by atoms with van der Waals surface area (Å²) in [6.45, 7) is 3.89. The quantitative estimate of drug-likeness (QED) is 0.577. The molecule has 0 saturated carbocycles. The number of hydrogen-bond donors (Lipinski definition) is 1. The van der Waals surface area contributed by atoms with Crippen LogP contribution in [0.2, 0.25) is 5.02 Å². The summed E-state index contributed by atoms with van der Waals surface area (Å²) in [6.07, 6.45) is 1.44. The molecule has 1 aliphatic rings. The molecule has 8 nitrogen and oxygen atoms in total. The van der Waals surface area contributed by atoms with E-state index >= 15 is 0 Å². The molecular weight excluding hydrogens is 462 g/mol. The molecule has 0 bridgehead atoms. The lowest BCUT2D eigenvalue weighted by Gasteiger charge is -2.35. The molecule has 1 saturated heterocycles. The number of carbonyl (C=O) groups excluding carboxylic acids is 1. The van der Waals surface area contributed by atoms with Gasteiger partial charge in [-0.3, -0.25) is 9.48 Å². The number of aryl methyl sites for hydroxylation is 2. The number of piperazine rings is 1. The molecule has 0 spiro atoms. The monoisotopic (exact) mass is 487 g/mol. The standard InChI is InChI=1S/C23H26ClN5O3S/c1-17-6-8-18(9-7-17)15-25-22(30)21-16-27(2)26-23(21)33(31,32)29-12-10-28(11-13-29)20-5-3-4-19(24)14-20/h3-9,14,16H,10-13,15H2,1-2H3,(H,25,30). The van der Waals surface area contributed by atoms with Crippen molar-refractivity contribution >= 4 is 33.2 Å². The number of nitrogens with one attached hydrogen (secondary N) is 1. The van der Waals surface area contributed by atoms with Crippen LogP contribution in [-0.4, -0.2) is 54.6 Å². The van der Waals surface area contributed by atoms with Crippen molar-refractivity contribution in [2.75, 3.05) is 31.1 Å². The van der Waals surface area contributed by atoms with Gasteiger partial charge in [0.15, 0.2) is 0 Å². The van der Waals surface area contributed by atoms with Gasteiger partial charge in [-0.1, -0.05) is 47.5 Å². The molecule has 3 aromatic rings. The van der Waals surface area contributed by atoms with E-state index in [1.165, 1.54) is 15.2 Å². The normalized spacial score (nSPS) is 14.9. The Balaban J connectivity index is 1.47. The van der Waals surface area contributed by atoms with Gasteiger partial charge in [0.1, 0.15) is 0 Å². The second kappa shape index (κ2) is 9.54. The van der Waals surface area contributed by atoms with Gasteiger partial charge < -0.3 is 10.2 Å². The summed E-state index contributed by atoms with van der Waals surface area (Å²) >= 11 is 6.08. The molecule has 2 heterocycles. The second-order valence-corrected chi connectivity index (χ2v) is 10.4. The van der Waals surface area contributed by atoms with E-state index in [1.54, 1.807) is 13.1 Å². The largest absolute Gasteiger partial charge is 0.369 e. The molecule has 0 aliphatic carbocycles. The molecule has 1 aliphatic heterocycles. The highest BCUT2D eigenvalue weighted by atomic mass is 35.5. The van der Waals surface area contributed by atoms with Crippen LogP contribution in [0.4, 0.5) is 5.69 Å². The van der Waals surface area contributed by atoms with Crippen LogP contribution < -0.4 is 10.2 Å². The van der Waals surface area contributed by atoms with Crippen LogP contribution in [0, 0.1) is 6.92 Å². The fourth-order valence-corrected chi connectivity index (χ4v) is 5.51. The summed E-state index contributed by atoms with van der Waals surface area (Å²) < 4.78 is 29.5. The van der Waals surface area contributed by atoms with E-state index in [4.69, 9.17) is 11.6 Å². The van der Waals surface area contributed by atoms with Gasteiger partial charge >= 0.3 is 0 Å². The van der Waals surface area contributed by atoms with Gasteiger partial charge in [-0.05, 0) is 30.7 Å². The zero-order valence-electron chi connectivity index (χ0n) is 18.5. The molecule has 2 aromatic carbocycles. The van der Waals surface area contributed by atoms with Crippen molar-refractivity contribution in [3.8, 4) is 0 Å². The molecule has 0 unspecified atom stereocenters. The van der Waals surface area contributed by atoms with Crippen molar-refractivity contribution in [1.82, 2.24) is 19.4 Å². The molecule has 1 aromatic heterocycles. The van der Waals surface area contributed by atoms with Gasteiger partial charge in [-0.25, -0.2) is 8.42 Å². The number of carbonyl (C=O) groups is 1. The number of anilines is 1. The van der Waals surface area contributed by atoms with E-state index in [-0.39, 0.29) is 23.7 Å². The minimum absolute atomic E-state index is 0.0434. The molecule has 33 heavy (non-hydrogen) atoms. The van der Waals surface area contributed by atoms with E-state index in [0.29, 0.717) is 24.7 Å². The van der Waals surface area contributed by atoms with Crippen molar-refractivity contribution in [3.63, 3.8) is 0 Å². The molecule has 1 fully saturated rings. The van der Waals surface area contributed by atoms with Crippen LogP contribution >= 0.6 is 11.6 Å². The summed E-state index contributed by atoms with van der Waals surface area (Å²) in [5.74, 6) is -0.472. The Morgan fingerprint density at radius 2 is 1.79 bits per heavy atom. The third kappa shape index (κ3) is 5.21. The highest BCUT2D eigenvalue weighted by molar-refractivity contribution is 7.89. The average Bonchev–Trinajstić information content (AvgIpc) is 3.21. The first-order valence-electron chi connectivity index (χ1n) is 10.6. The molecular formula is C23H26ClN5O3S. The van der Waals surface area contributed by atoms with Gasteiger partial charge in [-0.15, -0.1) is 0 Å². The Morgan fingerprint density at radius 3 is 2.45 bits per heavy atom. The maximum Gasteiger partial charge on any atom is 0.263 e. The lowest BCUT2D eigenvalue weighted by Crippen LogP contribution is -2.49. The van der Waals surface area contributed by atoms with Gasteiger partial charge in [0.25, 0.3) is 15.9 Å². The SMILES string of the molecule is Cc1ccc(CNC(=O)c2cn(C)nc2S(=O)(=O)N2CCN(c3cccc(Cl)c3)CC2)cc1. The number of nitrogens with zero attached hydrogens (tertiary/aromatic N) is 4. The fraction of sp³-hybridized carbons (Fsp3) is 0.304. The first-order chi connectivity index (χ1) is 15.7. The van der Waals surface area contributed by atoms with Gasteiger partial charge in [-0.2, -0.15) is 9.40 Å². The Morgan fingerprint density at radius 1 is 1.09 bits per heavy atom.